The van der Waals surface area contributed by atoms with Gasteiger partial charge in [-0.3, -0.25) is 9.89 Å². The van der Waals surface area contributed by atoms with Crippen LogP contribution < -0.4 is 5.32 Å². The second kappa shape index (κ2) is 6.31. The molecule has 0 atom stereocenters. The highest BCUT2D eigenvalue weighted by atomic mass is 16.1. The first-order chi connectivity index (χ1) is 12.4. The molecule has 5 nitrogen and oxygen atoms in total. The lowest BCUT2D eigenvalue weighted by Gasteiger charge is -2.28. The summed E-state index contributed by atoms with van der Waals surface area (Å²) in [6.07, 6.45) is 4.68. The van der Waals surface area contributed by atoms with E-state index < -0.39 is 0 Å². The first kappa shape index (κ1) is 16.9. The van der Waals surface area contributed by atoms with E-state index in [0.29, 0.717) is 11.8 Å². The largest absolute Gasteiger partial charge is 0.353 e. The van der Waals surface area contributed by atoms with Crippen molar-refractivity contribution in [1.29, 1.82) is 0 Å². The highest BCUT2D eigenvalue weighted by molar-refractivity contribution is 5.94. The second-order valence-electron chi connectivity index (χ2n) is 8.15. The highest BCUT2D eigenvalue weighted by Gasteiger charge is 2.29. The zero-order valence-corrected chi connectivity index (χ0v) is 15.7. The lowest BCUT2D eigenvalue weighted by atomic mass is 9.76. The Labute approximate surface area is 153 Å². The highest BCUT2D eigenvalue weighted by Crippen LogP contribution is 2.38. The number of carbonyl (C=O) groups excluding carboxylic acids is 1. The number of benzene rings is 1. The number of carbonyl (C=O) groups is 1. The van der Waals surface area contributed by atoms with Crippen molar-refractivity contribution in [1.82, 2.24) is 15.2 Å². The van der Waals surface area contributed by atoms with E-state index in [4.69, 9.17) is 0 Å². The fourth-order valence-corrected chi connectivity index (χ4v) is 3.85. The first-order valence-corrected chi connectivity index (χ1v) is 9.44. The average Bonchev–Trinajstić information content (AvgIpc) is 3.16. The summed E-state index contributed by atoms with van der Waals surface area (Å²) in [7, 11) is 0. The molecule has 3 N–H and O–H groups in total. The van der Waals surface area contributed by atoms with E-state index >= 15 is 0 Å². The number of aromatic amines is 2. The van der Waals surface area contributed by atoms with E-state index in [1.165, 1.54) is 17.7 Å². The van der Waals surface area contributed by atoms with Crippen LogP contribution in [0.1, 0.15) is 51.3 Å². The molecule has 26 heavy (non-hydrogen) atoms. The summed E-state index contributed by atoms with van der Waals surface area (Å²) in [5.41, 5.74) is 6.85. The molecule has 0 radical (unpaired) electrons. The van der Waals surface area contributed by atoms with Crippen molar-refractivity contribution in [3.63, 3.8) is 0 Å². The van der Waals surface area contributed by atoms with Crippen LogP contribution in [0.25, 0.3) is 22.3 Å². The Morgan fingerprint density at radius 1 is 1.31 bits per heavy atom. The zero-order chi connectivity index (χ0) is 18.3. The fourth-order valence-electron chi connectivity index (χ4n) is 3.85. The molecule has 1 aliphatic rings. The van der Waals surface area contributed by atoms with Crippen LogP contribution in [0.2, 0.25) is 0 Å². The summed E-state index contributed by atoms with van der Waals surface area (Å²) >= 11 is 0. The average molecular weight is 350 g/mol. The Kier molecular flexibility index (Phi) is 4.10. The topological polar surface area (TPSA) is 73.6 Å². The lowest BCUT2D eigenvalue weighted by molar-refractivity contribution is -0.116. The van der Waals surface area contributed by atoms with Gasteiger partial charge < -0.3 is 10.3 Å². The van der Waals surface area contributed by atoms with Crippen molar-refractivity contribution < 1.29 is 4.79 Å². The molecule has 0 saturated heterocycles. The molecule has 2 heterocycles. The van der Waals surface area contributed by atoms with Crippen LogP contribution in [0, 0.1) is 5.41 Å². The summed E-state index contributed by atoms with van der Waals surface area (Å²) in [5, 5.41) is 11.9. The van der Waals surface area contributed by atoms with E-state index in [2.05, 4.69) is 40.4 Å². The van der Waals surface area contributed by atoms with E-state index in [1.807, 2.05) is 25.1 Å². The van der Waals surface area contributed by atoms with Crippen molar-refractivity contribution in [2.75, 3.05) is 5.32 Å². The number of rotatable bonds is 4. The van der Waals surface area contributed by atoms with Gasteiger partial charge in [-0.05, 0) is 49.3 Å². The maximum absolute atomic E-state index is 11.8. The van der Waals surface area contributed by atoms with Gasteiger partial charge in [-0.25, -0.2) is 0 Å². The smallest absolute Gasteiger partial charge is 0.224 e. The van der Waals surface area contributed by atoms with Gasteiger partial charge in [-0.2, -0.15) is 5.10 Å². The number of H-pyrrole nitrogens is 2. The Balaban J connectivity index is 1.64. The number of nitrogens with zero attached hydrogens (tertiary/aromatic N) is 1. The van der Waals surface area contributed by atoms with E-state index in [1.54, 1.807) is 0 Å². The molecular formula is C21H26N4O. The third-order valence-corrected chi connectivity index (χ3v) is 5.30. The van der Waals surface area contributed by atoms with Gasteiger partial charge in [-0.1, -0.05) is 26.8 Å². The minimum absolute atomic E-state index is 0.0580. The van der Waals surface area contributed by atoms with Gasteiger partial charge in [0.15, 0.2) is 0 Å². The van der Waals surface area contributed by atoms with Gasteiger partial charge in [0.1, 0.15) is 5.69 Å². The normalized spacial score (nSPS) is 15.8. The summed E-state index contributed by atoms with van der Waals surface area (Å²) in [5.74, 6) is 0.0580. The molecule has 1 aliphatic carbocycles. The number of aromatic nitrogens is 3. The summed E-state index contributed by atoms with van der Waals surface area (Å²) < 4.78 is 0. The Hall–Kier alpha value is -2.56. The van der Waals surface area contributed by atoms with Crippen LogP contribution in [0.4, 0.5) is 5.69 Å². The Bertz CT molecular complexity index is 964. The van der Waals surface area contributed by atoms with Crippen LogP contribution in [0.15, 0.2) is 24.3 Å². The molecule has 1 amide bonds. The number of amides is 1. The molecule has 0 saturated carbocycles. The number of hydrogen-bond acceptors (Lipinski definition) is 2. The monoisotopic (exact) mass is 350 g/mol. The summed E-state index contributed by atoms with van der Waals surface area (Å²) in [6.45, 7) is 6.63. The lowest BCUT2D eigenvalue weighted by Crippen LogP contribution is -2.21. The van der Waals surface area contributed by atoms with Gasteiger partial charge in [0, 0.05) is 34.3 Å². The van der Waals surface area contributed by atoms with Crippen molar-refractivity contribution in [3.8, 4) is 11.4 Å². The molecule has 0 unspecified atom stereocenters. The predicted molar refractivity (Wildman–Crippen MR) is 105 cm³/mol. The molecule has 0 bridgehead atoms. The number of fused-ring (bicyclic) bond motifs is 2. The van der Waals surface area contributed by atoms with Crippen LogP contribution in [-0.2, 0) is 17.6 Å². The fraction of sp³-hybridized carbons (Fsp3) is 0.429. The first-order valence-electron chi connectivity index (χ1n) is 9.44. The van der Waals surface area contributed by atoms with Crippen LogP contribution in [-0.4, -0.2) is 21.1 Å². The minimum Gasteiger partial charge on any atom is -0.353 e. The van der Waals surface area contributed by atoms with Crippen molar-refractivity contribution in [2.45, 2.75) is 52.9 Å². The van der Waals surface area contributed by atoms with Gasteiger partial charge >= 0.3 is 0 Å². The van der Waals surface area contributed by atoms with Crippen LogP contribution in [0.5, 0.6) is 0 Å². The Morgan fingerprint density at radius 2 is 2.15 bits per heavy atom. The van der Waals surface area contributed by atoms with Crippen molar-refractivity contribution in [3.05, 3.63) is 35.5 Å². The molecule has 1 aromatic carbocycles. The van der Waals surface area contributed by atoms with Gasteiger partial charge in [0.05, 0.1) is 5.69 Å². The zero-order valence-electron chi connectivity index (χ0n) is 15.7. The molecule has 0 fully saturated rings. The molecule has 4 rings (SSSR count). The van der Waals surface area contributed by atoms with Crippen LogP contribution in [0.3, 0.4) is 0 Å². The molecule has 136 valence electrons. The Morgan fingerprint density at radius 3 is 2.96 bits per heavy atom. The molecular weight excluding hydrogens is 324 g/mol. The molecule has 5 heteroatoms. The maximum Gasteiger partial charge on any atom is 0.224 e. The standard InChI is InChI=1S/C21H26N4O/c1-4-5-19(26)22-14-7-6-13-10-17(23-16(13)11-14)20-15-8-9-21(2,3)12-18(15)24-25-20/h6-7,10-11,23H,4-5,8-9,12H2,1-3H3,(H,22,26)(H,24,25). The summed E-state index contributed by atoms with van der Waals surface area (Å²) in [6, 6.07) is 8.13. The van der Waals surface area contributed by atoms with E-state index in [0.717, 1.165) is 47.2 Å². The van der Waals surface area contributed by atoms with Gasteiger partial charge in [0.25, 0.3) is 0 Å². The molecule has 3 aromatic rings. The molecule has 0 spiro atoms. The maximum atomic E-state index is 11.8. The third kappa shape index (κ3) is 3.14. The molecule has 0 aliphatic heterocycles. The molecule has 2 aromatic heterocycles. The number of nitrogens with one attached hydrogen (secondary N) is 3. The van der Waals surface area contributed by atoms with E-state index in [9.17, 15) is 4.79 Å². The van der Waals surface area contributed by atoms with Gasteiger partial charge in [-0.15, -0.1) is 0 Å². The quantitative estimate of drug-likeness (QED) is 0.631. The minimum atomic E-state index is 0.0580. The van der Waals surface area contributed by atoms with E-state index in [-0.39, 0.29) is 5.91 Å². The third-order valence-electron chi connectivity index (χ3n) is 5.30. The SMILES string of the molecule is CCCC(=O)Nc1ccc2cc(-c3n[nH]c4c3CCC(C)(C)C4)[nH]c2c1. The predicted octanol–water partition coefficient (Wildman–Crippen LogP) is 4.81. The second-order valence-corrected chi connectivity index (χ2v) is 8.15. The number of hydrogen-bond donors (Lipinski definition) is 3. The van der Waals surface area contributed by atoms with Crippen molar-refractivity contribution >= 4 is 22.5 Å². The van der Waals surface area contributed by atoms with Crippen molar-refractivity contribution in [2.24, 2.45) is 5.41 Å². The number of anilines is 1. The van der Waals surface area contributed by atoms with Gasteiger partial charge in [0.2, 0.25) is 5.91 Å². The van der Waals surface area contributed by atoms with Crippen LogP contribution >= 0.6 is 0 Å². The summed E-state index contributed by atoms with van der Waals surface area (Å²) in [4.78, 5) is 15.3.